The van der Waals surface area contributed by atoms with E-state index < -0.39 is 0 Å². The monoisotopic (exact) mass is 382 g/mol. The van der Waals surface area contributed by atoms with Crippen molar-refractivity contribution < 1.29 is 9.59 Å². The van der Waals surface area contributed by atoms with Gasteiger partial charge in [-0.2, -0.15) is 0 Å². The predicted molar refractivity (Wildman–Crippen MR) is 109 cm³/mol. The van der Waals surface area contributed by atoms with Crippen LogP contribution in [0.5, 0.6) is 0 Å². The van der Waals surface area contributed by atoms with Gasteiger partial charge in [0.05, 0.1) is 0 Å². The predicted octanol–water partition coefficient (Wildman–Crippen LogP) is 1.98. The van der Waals surface area contributed by atoms with Crippen LogP contribution in [-0.4, -0.2) is 71.4 Å². The van der Waals surface area contributed by atoms with Gasteiger partial charge in [0, 0.05) is 56.7 Å². The lowest BCUT2D eigenvalue weighted by atomic mass is 10.2. The van der Waals surface area contributed by atoms with Crippen molar-refractivity contribution >= 4 is 29.5 Å². The first-order valence-electron chi connectivity index (χ1n) is 9.57. The number of rotatable bonds is 7. The molecule has 2 aromatic rings. The summed E-state index contributed by atoms with van der Waals surface area (Å²) < 4.78 is 0. The van der Waals surface area contributed by atoms with Gasteiger partial charge in [-0.15, -0.1) is 0 Å². The summed E-state index contributed by atoms with van der Waals surface area (Å²) in [6, 6.07) is 9.78. The lowest BCUT2D eigenvalue weighted by Crippen LogP contribution is -2.48. The molecular weight excluding hydrogens is 356 g/mol. The van der Waals surface area contributed by atoms with E-state index in [1.807, 2.05) is 12.1 Å². The average molecular weight is 382 g/mol. The Labute approximate surface area is 165 Å². The van der Waals surface area contributed by atoms with E-state index in [-0.39, 0.29) is 5.91 Å². The molecule has 1 aliphatic heterocycles. The number of benzene rings is 1. The van der Waals surface area contributed by atoms with Crippen molar-refractivity contribution in [2.75, 3.05) is 49.5 Å². The van der Waals surface area contributed by atoms with Crippen molar-refractivity contribution in [3.63, 3.8) is 0 Å². The lowest BCUT2D eigenvalue weighted by molar-refractivity contribution is -0.119. The number of amides is 2. The van der Waals surface area contributed by atoms with E-state index in [1.165, 1.54) is 12.0 Å². The van der Waals surface area contributed by atoms with E-state index in [0.717, 1.165) is 25.2 Å². The molecule has 1 aliphatic rings. The first-order chi connectivity index (χ1) is 13.6. The molecule has 148 valence electrons. The number of nitrogens with one attached hydrogen (secondary N) is 1. The van der Waals surface area contributed by atoms with Gasteiger partial charge < -0.3 is 20.0 Å². The minimum absolute atomic E-state index is 0.145. The molecule has 0 aliphatic carbocycles. The van der Waals surface area contributed by atoms with Crippen LogP contribution in [0.1, 0.15) is 24.3 Å². The maximum atomic E-state index is 12.7. The van der Waals surface area contributed by atoms with Gasteiger partial charge in [0.2, 0.25) is 6.41 Å². The summed E-state index contributed by atoms with van der Waals surface area (Å²) in [4.78, 5) is 37.5. The molecule has 0 atom stereocenters. The maximum absolute atomic E-state index is 12.7. The summed E-state index contributed by atoms with van der Waals surface area (Å²) >= 11 is 0. The Morgan fingerprint density at radius 3 is 2.39 bits per heavy atom. The Bertz CT molecular complexity index is 799. The van der Waals surface area contributed by atoms with E-state index in [4.69, 9.17) is 0 Å². The second kappa shape index (κ2) is 9.16. The minimum atomic E-state index is -0.145. The highest BCUT2D eigenvalue weighted by Crippen LogP contribution is 2.20. The van der Waals surface area contributed by atoms with E-state index in [1.54, 1.807) is 15.9 Å². The number of hydrogen-bond acceptors (Lipinski definition) is 6. The molecule has 3 rings (SSSR count). The first-order valence-corrected chi connectivity index (χ1v) is 9.57. The molecule has 2 heterocycles. The molecule has 1 saturated heterocycles. The van der Waals surface area contributed by atoms with Gasteiger partial charge >= 0.3 is 0 Å². The Morgan fingerprint density at radius 1 is 1.11 bits per heavy atom. The molecule has 1 aromatic heterocycles. The highest BCUT2D eigenvalue weighted by atomic mass is 16.2. The number of nitrogens with zero attached hydrogens (tertiary/aromatic N) is 5. The van der Waals surface area contributed by atoms with Crippen molar-refractivity contribution in [1.29, 1.82) is 0 Å². The first kappa shape index (κ1) is 19.6. The molecule has 0 saturated carbocycles. The van der Waals surface area contributed by atoms with Gasteiger partial charge in [-0.1, -0.05) is 0 Å². The number of anilines is 3. The second-order valence-corrected chi connectivity index (χ2v) is 6.57. The van der Waals surface area contributed by atoms with Crippen molar-refractivity contribution in [3.8, 4) is 0 Å². The standard InChI is InChI=1S/C20H26N6O2/c1-3-25(4-2)17-7-5-16(6-8-17)23-19-13-18(21-14-22-19)20(28)26-11-9-24(15-27)10-12-26/h5-8,13-15H,3-4,9-12H2,1-2H3,(H,21,22,23). The number of carbonyl (C=O) groups is 2. The van der Waals surface area contributed by atoms with E-state index >= 15 is 0 Å². The average Bonchev–Trinajstić information content (AvgIpc) is 2.75. The Kier molecular flexibility index (Phi) is 6.41. The van der Waals surface area contributed by atoms with Crippen molar-refractivity contribution in [2.45, 2.75) is 13.8 Å². The van der Waals surface area contributed by atoms with Gasteiger partial charge in [0.25, 0.3) is 5.91 Å². The zero-order valence-corrected chi connectivity index (χ0v) is 16.3. The zero-order valence-electron chi connectivity index (χ0n) is 16.3. The fourth-order valence-corrected chi connectivity index (χ4v) is 3.23. The number of hydrogen-bond donors (Lipinski definition) is 1. The quantitative estimate of drug-likeness (QED) is 0.738. The summed E-state index contributed by atoms with van der Waals surface area (Å²) in [7, 11) is 0. The van der Waals surface area contributed by atoms with E-state index in [2.05, 4.69) is 46.2 Å². The fourth-order valence-electron chi connectivity index (χ4n) is 3.23. The molecule has 8 nitrogen and oxygen atoms in total. The molecular formula is C20H26N6O2. The SMILES string of the molecule is CCN(CC)c1ccc(Nc2cc(C(=O)N3CCN(C=O)CC3)ncn2)cc1. The van der Waals surface area contributed by atoms with Crippen LogP contribution in [0.4, 0.5) is 17.2 Å². The highest BCUT2D eigenvalue weighted by Gasteiger charge is 2.22. The molecule has 0 unspecified atom stereocenters. The summed E-state index contributed by atoms with van der Waals surface area (Å²) in [6.45, 7) is 8.30. The van der Waals surface area contributed by atoms with Gasteiger partial charge in [-0.25, -0.2) is 9.97 Å². The third-order valence-electron chi connectivity index (χ3n) is 4.91. The minimum Gasteiger partial charge on any atom is -0.372 e. The largest absolute Gasteiger partial charge is 0.372 e. The van der Waals surface area contributed by atoms with Crippen LogP contribution in [0.2, 0.25) is 0 Å². The van der Waals surface area contributed by atoms with Crippen molar-refractivity contribution in [1.82, 2.24) is 19.8 Å². The van der Waals surface area contributed by atoms with Crippen LogP contribution in [0.25, 0.3) is 0 Å². The topological polar surface area (TPSA) is 81.7 Å². The Hall–Kier alpha value is -3.16. The summed E-state index contributed by atoms with van der Waals surface area (Å²) in [5.41, 5.74) is 2.41. The molecule has 0 radical (unpaired) electrons. The van der Waals surface area contributed by atoms with Crippen LogP contribution in [0.15, 0.2) is 36.7 Å². The third-order valence-corrected chi connectivity index (χ3v) is 4.91. The van der Waals surface area contributed by atoms with E-state index in [9.17, 15) is 9.59 Å². The maximum Gasteiger partial charge on any atom is 0.272 e. The highest BCUT2D eigenvalue weighted by molar-refractivity contribution is 5.93. The molecule has 2 amide bonds. The zero-order chi connectivity index (χ0) is 19.9. The smallest absolute Gasteiger partial charge is 0.272 e. The van der Waals surface area contributed by atoms with Crippen LogP contribution in [0.3, 0.4) is 0 Å². The molecule has 0 spiro atoms. The van der Waals surface area contributed by atoms with Crippen molar-refractivity contribution in [2.24, 2.45) is 0 Å². The number of carbonyl (C=O) groups excluding carboxylic acids is 2. The number of piperazine rings is 1. The second-order valence-electron chi connectivity index (χ2n) is 6.57. The third kappa shape index (κ3) is 4.57. The molecule has 8 heteroatoms. The molecule has 1 N–H and O–H groups in total. The lowest BCUT2D eigenvalue weighted by Gasteiger charge is -2.32. The molecule has 28 heavy (non-hydrogen) atoms. The van der Waals surface area contributed by atoms with Crippen molar-refractivity contribution in [3.05, 3.63) is 42.4 Å². The molecule has 0 bridgehead atoms. The molecule has 1 fully saturated rings. The van der Waals surface area contributed by atoms with Gasteiger partial charge in [-0.3, -0.25) is 9.59 Å². The van der Waals surface area contributed by atoms with Gasteiger partial charge in [-0.05, 0) is 38.1 Å². The fraction of sp³-hybridized carbons (Fsp3) is 0.400. The van der Waals surface area contributed by atoms with Crippen LogP contribution in [0, 0.1) is 0 Å². The summed E-state index contributed by atoms with van der Waals surface area (Å²) in [5, 5.41) is 3.23. The Balaban J connectivity index is 1.66. The summed E-state index contributed by atoms with van der Waals surface area (Å²) in [6.07, 6.45) is 2.21. The number of aromatic nitrogens is 2. The summed E-state index contributed by atoms with van der Waals surface area (Å²) in [5.74, 6) is 0.424. The van der Waals surface area contributed by atoms with E-state index in [0.29, 0.717) is 37.7 Å². The Morgan fingerprint density at radius 2 is 1.79 bits per heavy atom. The normalized spacial score (nSPS) is 13.9. The van der Waals surface area contributed by atoms with Crippen LogP contribution in [-0.2, 0) is 4.79 Å². The van der Waals surface area contributed by atoms with Crippen LogP contribution >= 0.6 is 0 Å². The van der Waals surface area contributed by atoms with Crippen LogP contribution < -0.4 is 10.2 Å². The van der Waals surface area contributed by atoms with Gasteiger partial charge in [0.1, 0.15) is 17.8 Å². The molecule has 1 aromatic carbocycles. The van der Waals surface area contributed by atoms with Gasteiger partial charge in [0.15, 0.2) is 0 Å².